The molecule has 3 nitrogen and oxygen atoms in total. The number of ether oxygens (including phenoxy) is 1. The normalized spacial score (nSPS) is 25.3. The van der Waals surface area contributed by atoms with E-state index in [1.54, 1.807) is 0 Å². The number of aliphatic hydroxyl groups is 1. The largest absolute Gasteiger partial charge is 0.351 e. The fourth-order valence-electron chi connectivity index (χ4n) is 4.16. The molecule has 0 radical (unpaired) electrons. The number of unbranched alkanes of at least 4 members (excludes halogenated alkanes) is 3. The van der Waals surface area contributed by atoms with E-state index in [-0.39, 0.29) is 6.10 Å². The van der Waals surface area contributed by atoms with Crippen LogP contribution < -0.4 is 4.90 Å². The standard InChI is InChI=1S/C21H33NO2/c1-2-3-4-8-11-20-16-22(21(23)24-20)19-14-12-18(13-15-19)17-9-6-5-7-10-17/h12-15,17,20-21,23H,2-11,16H2,1H3. The van der Waals surface area contributed by atoms with E-state index in [0.29, 0.717) is 0 Å². The summed E-state index contributed by atoms with van der Waals surface area (Å²) in [4.78, 5) is 2.00. The van der Waals surface area contributed by atoms with E-state index < -0.39 is 6.41 Å². The van der Waals surface area contributed by atoms with Gasteiger partial charge in [0.05, 0.1) is 6.10 Å². The maximum absolute atomic E-state index is 10.2. The lowest BCUT2D eigenvalue weighted by atomic mass is 9.84. The fourth-order valence-corrected chi connectivity index (χ4v) is 4.16. The van der Waals surface area contributed by atoms with Gasteiger partial charge in [0.2, 0.25) is 6.41 Å². The molecule has 24 heavy (non-hydrogen) atoms. The second kappa shape index (κ2) is 8.87. The number of rotatable bonds is 7. The molecule has 1 saturated heterocycles. The van der Waals surface area contributed by atoms with Crippen LogP contribution in [0.3, 0.4) is 0 Å². The van der Waals surface area contributed by atoms with Crippen molar-refractivity contribution in [3.63, 3.8) is 0 Å². The molecule has 1 aromatic rings. The van der Waals surface area contributed by atoms with Crippen molar-refractivity contribution >= 4 is 5.69 Å². The Morgan fingerprint density at radius 2 is 1.79 bits per heavy atom. The van der Waals surface area contributed by atoms with Crippen LogP contribution in [0.2, 0.25) is 0 Å². The van der Waals surface area contributed by atoms with Crippen molar-refractivity contribution in [2.75, 3.05) is 11.4 Å². The van der Waals surface area contributed by atoms with Crippen molar-refractivity contribution in [3.05, 3.63) is 29.8 Å². The van der Waals surface area contributed by atoms with E-state index in [4.69, 9.17) is 4.74 Å². The van der Waals surface area contributed by atoms with Crippen LogP contribution in [0.5, 0.6) is 0 Å². The number of anilines is 1. The lowest BCUT2D eigenvalue weighted by Crippen LogP contribution is -2.29. The van der Waals surface area contributed by atoms with Crippen molar-refractivity contribution < 1.29 is 9.84 Å². The van der Waals surface area contributed by atoms with Crippen LogP contribution in [0.4, 0.5) is 5.69 Å². The average Bonchev–Trinajstić information content (AvgIpc) is 3.00. The van der Waals surface area contributed by atoms with Crippen molar-refractivity contribution in [1.29, 1.82) is 0 Å². The molecule has 1 heterocycles. The van der Waals surface area contributed by atoms with Gasteiger partial charge in [-0.1, -0.05) is 64.0 Å². The van der Waals surface area contributed by atoms with Crippen LogP contribution in [0.25, 0.3) is 0 Å². The molecule has 0 aromatic heterocycles. The minimum Gasteiger partial charge on any atom is -0.351 e. The van der Waals surface area contributed by atoms with Crippen LogP contribution in [-0.4, -0.2) is 24.2 Å². The summed E-state index contributed by atoms with van der Waals surface area (Å²) in [6, 6.07) is 8.84. The fraction of sp³-hybridized carbons (Fsp3) is 0.714. The lowest BCUT2D eigenvalue weighted by molar-refractivity contribution is -0.0902. The molecule has 2 unspecified atom stereocenters. The molecule has 1 aromatic carbocycles. The Bertz CT molecular complexity index is 481. The summed E-state index contributed by atoms with van der Waals surface area (Å²) >= 11 is 0. The van der Waals surface area contributed by atoms with Crippen molar-refractivity contribution in [1.82, 2.24) is 0 Å². The highest BCUT2D eigenvalue weighted by Gasteiger charge is 2.31. The third kappa shape index (κ3) is 4.52. The number of nitrogens with zero attached hydrogens (tertiary/aromatic N) is 1. The predicted molar refractivity (Wildman–Crippen MR) is 99.3 cm³/mol. The maximum Gasteiger partial charge on any atom is 0.238 e. The lowest BCUT2D eigenvalue weighted by Gasteiger charge is -2.24. The highest BCUT2D eigenvalue weighted by Crippen LogP contribution is 2.34. The number of aliphatic hydroxyl groups excluding tert-OH is 1. The van der Waals surface area contributed by atoms with Crippen molar-refractivity contribution in [2.45, 2.75) is 89.6 Å². The zero-order valence-electron chi connectivity index (χ0n) is 15.1. The summed E-state index contributed by atoms with van der Waals surface area (Å²) in [5.41, 5.74) is 2.54. The summed E-state index contributed by atoms with van der Waals surface area (Å²) in [6.07, 6.45) is 12.2. The Morgan fingerprint density at radius 1 is 1.04 bits per heavy atom. The molecular weight excluding hydrogens is 298 g/mol. The molecule has 0 bridgehead atoms. The maximum atomic E-state index is 10.2. The van der Waals surface area contributed by atoms with Gasteiger partial charge in [-0.15, -0.1) is 0 Å². The highest BCUT2D eigenvalue weighted by molar-refractivity contribution is 5.49. The van der Waals surface area contributed by atoms with Gasteiger partial charge in [0.15, 0.2) is 0 Å². The Morgan fingerprint density at radius 3 is 2.50 bits per heavy atom. The van der Waals surface area contributed by atoms with Gasteiger partial charge in [0, 0.05) is 12.2 Å². The van der Waals surface area contributed by atoms with Crippen molar-refractivity contribution in [2.24, 2.45) is 0 Å². The Labute approximate surface area is 147 Å². The highest BCUT2D eigenvalue weighted by atomic mass is 16.6. The van der Waals surface area contributed by atoms with E-state index >= 15 is 0 Å². The zero-order chi connectivity index (χ0) is 16.8. The van der Waals surface area contributed by atoms with E-state index in [1.807, 2.05) is 4.90 Å². The molecule has 2 aliphatic rings. The van der Waals surface area contributed by atoms with Crippen LogP contribution in [0.15, 0.2) is 24.3 Å². The Kier molecular flexibility index (Phi) is 6.56. The molecule has 1 saturated carbocycles. The minimum atomic E-state index is -0.790. The van der Waals surface area contributed by atoms with Gasteiger partial charge < -0.3 is 14.7 Å². The Balaban J connectivity index is 1.53. The monoisotopic (exact) mass is 331 g/mol. The first kappa shape index (κ1) is 17.8. The van der Waals surface area contributed by atoms with E-state index in [1.165, 1.54) is 63.4 Å². The first-order valence-electron chi connectivity index (χ1n) is 9.98. The van der Waals surface area contributed by atoms with Gasteiger partial charge in [0.25, 0.3) is 0 Å². The molecule has 1 aliphatic heterocycles. The first-order chi connectivity index (χ1) is 11.8. The summed E-state index contributed by atoms with van der Waals surface area (Å²) in [5, 5.41) is 10.2. The van der Waals surface area contributed by atoms with Crippen LogP contribution in [0, 0.1) is 0 Å². The molecule has 0 spiro atoms. The average molecular weight is 332 g/mol. The molecule has 3 heteroatoms. The molecule has 1 aliphatic carbocycles. The molecule has 0 amide bonds. The van der Waals surface area contributed by atoms with Crippen LogP contribution in [-0.2, 0) is 4.74 Å². The molecule has 134 valence electrons. The minimum absolute atomic E-state index is 0.162. The Hall–Kier alpha value is -1.06. The quantitative estimate of drug-likeness (QED) is 0.698. The third-order valence-corrected chi connectivity index (χ3v) is 5.66. The molecule has 2 atom stereocenters. The summed E-state index contributed by atoms with van der Waals surface area (Å²) < 4.78 is 5.74. The van der Waals surface area contributed by atoms with Gasteiger partial charge in [-0.3, -0.25) is 0 Å². The smallest absolute Gasteiger partial charge is 0.238 e. The predicted octanol–water partition coefficient (Wildman–Crippen LogP) is 5.19. The second-order valence-corrected chi connectivity index (χ2v) is 7.51. The SMILES string of the molecule is CCCCCCC1CN(c2ccc(C3CCCCC3)cc2)C(O)O1. The van der Waals surface area contributed by atoms with Crippen LogP contribution in [0.1, 0.15) is 82.6 Å². The van der Waals surface area contributed by atoms with Gasteiger partial charge >= 0.3 is 0 Å². The van der Waals surface area contributed by atoms with Gasteiger partial charge in [-0.05, 0) is 42.9 Å². The summed E-state index contributed by atoms with van der Waals surface area (Å²) in [5.74, 6) is 0.735. The van der Waals surface area contributed by atoms with Crippen molar-refractivity contribution in [3.8, 4) is 0 Å². The summed E-state index contributed by atoms with van der Waals surface area (Å²) in [7, 11) is 0. The second-order valence-electron chi connectivity index (χ2n) is 7.51. The molecule has 1 N–H and O–H groups in total. The van der Waals surface area contributed by atoms with E-state index in [9.17, 15) is 5.11 Å². The third-order valence-electron chi connectivity index (χ3n) is 5.66. The van der Waals surface area contributed by atoms with Gasteiger partial charge in [-0.2, -0.15) is 0 Å². The number of hydrogen-bond acceptors (Lipinski definition) is 3. The van der Waals surface area contributed by atoms with E-state index in [2.05, 4.69) is 31.2 Å². The number of hydrogen-bond donors (Lipinski definition) is 1. The molecule has 3 rings (SSSR count). The molecule has 2 fully saturated rings. The zero-order valence-corrected chi connectivity index (χ0v) is 15.1. The summed E-state index contributed by atoms with van der Waals surface area (Å²) in [6.45, 7) is 3.03. The topological polar surface area (TPSA) is 32.7 Å². The van der Waals surface area contributed by atoms with Gasteiger partial charge in [-0.25, -0.2) is 0 Å². The first-order valence-corrected chi connectivity index (χ1v) is 9.98. The molecular formula is C21H33NO2. The van der Waals surface area contributed by atoms with Gasteiger partial charge in [0.1, 0.15) is 0 Å². The van der Waals surface area contributed by atoms with E-state index in [0.717, 1.165) is 24.6 Å². The van der Waals surface area contributed by atoms with Crippen LogP contribution >= 0.6 is 0 Å². The number of benzene rings is 1.